The summed E-state index contributed by atoms with van der Waals surface area (Å²) in [5.41, 5.74) is 23.3. The van der Waals surface area contributed by atoms with Crippen molar-refractivity contribution in [3.8, 4) is 67.5 Å². The lowest BCUT2D eigenvalue weighted by Crippen LogP contribution is -2.44. The highest BCUT2D eigenvalue weighted by Crippen LogP contribution is 2.67. The first-order chi connectivity index (χ1) is 37.1. The van der Waals surface area contributed by atoms with Gasteiger partial charge in [0.15, 0.2) is 17.5 Å². The van der Waals surface area contributed by atoms with Crippen LogP contribution < -0.4 is 0 Å². The molecule has 0 fully saturated rings. The lowest BCUT2D eigenvalue weighted by Gasteiger charge is -2.49. The van der Waals surface area contributed by atoms with Gasteiger partial charge in [-0.25, -0.2) is 15.0 Å². The van der Waals surface area contributed by atoms with Gasteiger partial charge in [0.1, 0.15) is 11.2 Å². The molecular weight excluding hydrogens is 911 g/mol. The van der Waals surface area contributed by atoms with E-state index in [9.17, 15) is 0 Å². The molecule has 0 saturated heterocycles. The summed E-state index contributed by atoms with van der Waals surface area (Å²) in [5.74, 6) is 1.83. The number of furan rings is 1. The largest absolute Gasteiger partial charge is 0.455 e. The number of rotatable bonds is 6. The standard InChI is InChI=1S/C71H47N3O/c1-3-20-49-44(2)70(60-32-14-16-34-62(60)71(63-35-17-15-33-61(63)70)58-30-12-9-24-52(58)53-25-10-13-31-59(53)71)64-43-48(41-42-54(49)64)50-23-7-8-27-57(50)69-73-67(46-21-5-4-6-22-46)72-68(74-69)47-39-37-45(38-40-47)51-28-19-29-56-55-26-11-18-36-65(55)75-66(51)56/h3-43H,1-2H3/b20-3-. The summed E-state index contributed by atoms with van der Waals surface area (Å²) < 4.78 is 6.44. The fourth-order valence-corrected chi connectivity index (χ4v) is 13.4. The third-order valence-electron chi connectivity index (χ3n) is 16.4. The van der Waals surface area contributed by atoms with Crippen molar-refractivity contribution in [1.29, 1.82) is 0 Å². The van der Waals surface area contributed by atoms with Gasteiger partial charge in [0.25, 0.3) is 0 Å². The van der Waals surface area contributed by atoms with Gasteiger partial charge in [-0.3, -0.25) is 0 Å². The Morgan fingerprint density at radius 3 is 1.48 bits per heavy atom. The minimum Gasteiger partial charge on any atom is -0.455 e. The first kappa shape index (κ1) is 43.1. The van der Waals surface area contributed by atoms with E-state index in [0.29, 0.717) is 17.5 Å². The highest BCUT2D eigenvalue weighted by atomic mass is 16.3. The Morgan fingerprint density at radius 1 is 0.347 bits per heavy atom. The maximum absolute atomic E-state index is 6.44. The smallest absolute Gasteiger partial charge is 0.164 e. The van der Waals surface area contributed by atoms with Crippen molar-refractivity contribution in [3.63, 3.8) is 0 Å². The summed E-state index contributed by atoms with van der Waals surface area (Å²) in [5, 5.41) is 2.22. The topological polar surface area (TPSA) is 51.8 Å². The molecule has 0 aliphatic heterocycles. The maximum atomic E-state index is 6.44. The Labute approximate surface area is 435 Å². The lowest BCUT2D eigenvalue weighted by atomic mass is 9.52. The third kappa shape index (κ3) is 6.02. The molecule has 3 aliphatic rings. The molecule has 3 aliphatic carbocycles. The zero-order chi connectivity index (χ0) is 49.8. The number of benzene rings is 10. The molecule has 15 rings (SSSR count). The van der Waals surface area contributed by atoms with Crippen molar-refractivity contribution in [2.24, 2.45) is 0 Å². The van der Waals surface area contributed by atoms with Crippen LogP contribution in [0.1, 0.15) is 58.4 Å². The third-order valence-corrected chi connectivity index (χ3v) is 16.4. The van der Waals surface area contributed by atoms with Crippen molar-refractivity contribution >= 4 is 27.5 Å². The van der Waals surface area contributed by atoms with E-state index < -0.39 is 10.8 Å². The Kier molecular flexibility index (Phi) is 9.49. The monoisotopic (exact) mass is 957 g/mol. The minimum atomic E-state index is -0.594. The van der Waals surface area contributed by atoms with Crippen LogP contribution in [0.2, 0.25) is 0 Å². The quantitative estimate of drug-likeness (QED) is 0.167. The summed E-state index contributed by atoms with van der Waals surface area (Å²) >= 11 is 0. The van der Waals surface area contributed by atoms with Crippen LogP contribution >= 0.6 is 0 Å². The molecule has 4 nitrogen and oxygen atoms in total. The molecule has 10 aromatic carbocycles. The van der Waals surface area contributed by atoms with Crippen molar-refractivity contribution in [2.75, 3.05) is 0 Å². The van der Waals surface area contributed by atoms with Crippen LogP contribution in [-0.2, 0) is 10.8 Å². The maximum Gasteiger partial charge on any atom is 0.164 e. The summed E-state index contributed by atoms with van der Waals surface area (Å²) in [7, 11) is 0. The fourth-order valence-electron chi connectivity index (χ4n) is 13.4. The number of fused-ring (bicyclic) bond motifs is 16. The lowest BCUT2D eigenvalue weighted by molar-refractivity contribution is 0.623. The normalized spacial score (nSPS) is 14.4. The Morgan fingerprint density at radius 2 is 0.827 bits per heavy atom. The van der Waals surface area contributed by atoms with E-state index in [0.717, 1.165) is 60.9 Å². The van der Waals surface area contributed by atoms with Crippen LogP contribution in [0.15, 0.2) is 259 Å². The molecule has 2 spiro atoms. The van der Waals surface area contributed by atoms with Gasteiger partial charge in [-0.2, -0.15) is 0 Å². The number of aromatic nitrogens is 3. The first-order valence-corrected chi connectivity index (χ1v) is 25.9. The molecule has 352 valence electrons. The molecule has 2 aromatic heterocycles. The molecule has 4 heteroatoms. The summed E-state index contributed by atoms with van der Waals surface area (Å²) in [6.07, 6.45) is 4.50. The fraction of sp³-hybridized carbons (Fsp3) is 0.0563. The molecule has 0 radical (unpaired) electrons. The Bertz CT molecular complexity index is 4290. The van der Waals surface area contributed by atoms with Gasteiger partial charge >= 0.3 is 0 Å². The molecule has 0 saturated carbocycles. The number of nitrogens with zero attached hydrogens (tertiary/aromatic N) is 3. The van der Waals surface area contributed by atoms with E-state index in [4.69, 9.17) is 19.4 Å². The number of hydrogen-bond acceptors (Lipinski definition) is 4. The zero-order valence-corrected chi connectivity index (χ0v) is 41.4. The molecule has 0 bridgehead atoms. The van der Waals surface area contributed by atoms with Gasteiger partial charge in [0, 0.05) is 33.0 Å². The molecule has 0 unspecified atom stereocenters. The molecule has 12 aromatic rings. The highest BCUT2D eigenvalue weighted by molar-refractivity contribution is 6.09. The van der Waals surface area contributed by atoms with E-state index in [1.165, 1.54) is 66.8 Å². The Balaban J connectivity index is 0.908. The molecule has 0 atom stereocenters. The molecule has 75 heavy (non-hydrogen) atoms. The van der Waals surface area contributed by atoms with Gasteiger partial charge in [0.2, 0.25) is 0 Å². The minimum absolute atomic E-state index is 0.505. The van der Waals surface area contributed by atoms with Gasteiger partial charge in [-0.05, 0) is 109 Å². The van der Waals surface area contributed by atoms with Gasteiger partial charge in [0.05, 0.1) is 10.8 Å². The van der Waals surface area contributed by atoms with E-state index >= 15 is 0 Å². The second-order valence-electron chi connectivity index (χ2n) is 20.1. The zero-order valence-electron chi connectivity index (χ0n) is 41.4. The van der Waals surface area contributed by atoms with Crippen molar-refractivity contribution in [2.45, 2.75) is 24.7 Å². The molecule has 0 amide bonds. The second-order valence-corrected chi connectivity index (χ2v) is 20.1. The Hall–Kier alpha value is -9.51. The van der Waals surface area contributed by atoms with E-state index in [1.807, 2.05) is 30.3 Å². The highest BCUT2D eigenvalue weighted by Gasteiger charge is 2.58. The molecular formula is C71H47N3O. The van der Waals surface area contributed by atoms with Crippen molar-refractivity contribution < 1.29 is 4.42 Å². The molecule has 2 heterocycles. The van der Waals surface area contributed by atoms with Crippen LogP contribution in [-0.4, -0.2) is 15.0 Å². The average molecular weight is 958 g/mol. The van der Waals surface area contributed by atoms with E-state index in [1.54, 1.807) is 0 Å². The first-order valence-electron chi connectivity index (χ1n) is 25.9. The SMILES string of the molecule is C/C=C\C1=C(C)C2(c3cc(-c4ccccc4-c4nc(-c5ccccc5)nc(-c5ccc(-c6cccc7c6oc6ccccc67)cc5)n4)ccc31)c1ccccc1C1(c3ccccc3-c3ccccc31)c1ccccc12. The average Bonchev–Trinajstić information content (AvgIpc) is 4.31. The number of hydrogen-bond donors (Lipinski definition) is 0. The summed E-state index contributed by atoms with van der Waals surface area (Å²) in [4.78, 5) is 15.8. The summed E-state index contributed by atoms with van der Waals surface area (Å²) in [6, 6.07) is 85.7. The summed E-state index contributed by atoms with van der Waals surface area (Å²) in [6.45, 7) is 4.50. The van der Waals surface area contributed by atoms with Crippen molar-refractivity contribution in [1.82, 2.24) is 15.0 Å². The predicted octanol–water partition coefficient (Wildman–Crippen LogP) is 17.5. The van der Waals surface area contributed by atoms with E-state index in [2.05, 4.69) is 232 Å². The van der Waals surface area contributed by atoms with Gasteiger partial charge < -0.3 is 4.42 Å². The second kappa shape index (κ2) is 16.5. The van der Waals surface area contributed by atoms with Crippen molar-refractivity contribution in [3.05, 3.63) is 299 Å². The van der Waals surface area contributed by atoms with Crippen LogP contribution in [0.3, 0.4) is 0 Å². The molecule has 0 N–H and O–H groups in total. The van der Waals surface area contributed by atoms with Gasteiger partial charge in [-0.1, -0.05) is 237 Å². The van der Waals surface area contributed by atoms with Crippen LogP contribution in [0, 0.1) is 0 Å². The number of allylic oxidation sites excluding steroid dienone is 4. The van der Waals surface area contributed by atoms with Crippen LogP contribution in [0.4, 0.5) is 0 Å². The number of para-hydroxylation sites is 2. The van der Waals surface area contributed by atoms with E-state index in [-0.39, 0.29) is 0 Å². The van der Waals surface area contributed by atoms with Gasteiger partial charge in [-0.15, -0.1) is 0 Å². The van der Waals surface area contributed by atoms with Crippen LogP contribution in [0.5, 0.6) is 0 Å². The predicted molar refractivity (Wildman–Crippen MR) is 305 cm³/mol. The van der Waals surface area contributed by atoms with Crippen LogP contribution in [0.25, 0.3) is 95.1 Å².